The third-order valence-corrected chi connectivity index (χ3v) is 2.50. The average Bonchev–Trinajstić information content (AvgIpc) is 2.88. The summed E-state index contributed by atoms with van der Waals surface area (Å²) in [7, 11) is 3.45. The highest BCUT2D eigenvalue weighted by Gasteiger charge is 2.10. The third-order valence-electron chi connectivity index (χ3n) is 2.50. The van der Waals surface area contributed by atoms with E-state index >= 15 is 0 Å². The van der Waals surface area contributed by atoms with Gasteiger partial charge in [-0.05, 0) is 19.2 Å². The summed E-state index contributed by atoms with van der Waals surface area (Å²) in [6.45, 7) is 0.693. The zero-order chi connectivity index (χ0) is 13.0. The molecule has 0 fully saturated rings. The molecule has 1 amide bonds. The molecule has 2 rings (SSSR count). The maximum absolute atomic E-state index is 11.4. The standard InChI is InChI=1S/C12H15N5O/c1-13-8-9-4-3-6-15-11(9)17-7-5-10(16-17)12(18)14-2/h3-7,13H,8H2,1-2H3,(H,14,18). The summed E-state index contributed by atoms with van der Waals surface area (Å²) in [5, 5.41) is 9.82. The summed E-state index contributed by atoms with van der Waals surface area (Å²) in [5.74, 6) is 0.516. The minimum atomic E-state index is -0.208. The van der Waals surface area contributed by atoms with Gasteiger partial charge in [0.05, 0.1) is 0 Å². The molecule has 18 heavy (non-hydrogen) atoms. The smallest absolute Gasteiger partial charge is 0.271 e. The number of rotatable bonds is 4. The number of carbonyl (C=O) groups excluding carboxylic acids is 1. The van der Waals surface area contributed by atoms with Gasteiger partial charge in [0.15, 0.2) is 11.5 Å². The fourth-order valence-electron chi connectivity index (χ4n) is 1.66. The van der Waals surface area contributed by atoms with Gasteiger partial charge >= 0.3 is 0 Å². The molecule has 0 aliphatic heterocycles. The van der Waals surface area contributed by atoms with Gasteiger partial charge in [-0.2, -0.15) is 5.10 Å². The molecule has 0 saturated heterocycles. The topological polar surface area (TPSA) is 71.8 Å². The maximum Gasteiger partial charge on any atom is 0.271 e. The van der Waals surface area contributed by atoms with E-state index in [4.69, 9.17) is 0 Å². The van der Waals surface area contributed by atoms with Crippen LogP contribution in [-0.4, -0.2) is 34.8 Å². The molecule has 0 bridgehead atoms. The summed E-state index contributed by atoms with van der Waals surface area (Å²) in [4.78, 5) is 15.7. The van der Waals surface area contributed by atoms with Crippen LogP contribution < -0.4 is 10.6 Å². The van der Waals surface area contributed by atoms with Gasteiger partial charge in [0.2, 0.25) is 0 Å². The molecule has 6 nitrogen and oxygen atoms in total. The second-order valence-electron chi connectivity index (χ2n) is 3.74. The number of hydrogen-bond donors (Lipinski definition) is 2. The minimum Gasteiger partial charge on any atom is -0.354 e. The molecule has 2 aromatic heterocycles. The zero-order valence-corrected chi connectivity index (χ0v) is 10.3. The van der Waals surface area contributed by atoms with E-state index in [1.54, 1.807) is 30.2 Å². The van der Waals surface area contributed by atoms with Gasteiger partial charge in [0.25, 0.3) is 5.91 Å². The SMILES string of the molecule is CNCc1cccnc1-n1ccc(C(=O)NC)n1. The summed E-state index contributed by atoms with van der Waals surface area (Å²) in [5.41, 5.74) is 1.39. The monoisotopic (exact) mass is 245 g/mol. The van der Waals surface area contributed by atoms with Crippen LogP contribution >= 0.6 is 0 Å². The van der Waals surface area contributed by atoms with E-state index in [0.29, 0.717) is 12.2 Å². The van der Waals surface area contributed by atoms with Crippen LogP contribution in [0.5, 0.6) is 0 Å². The second kappa shape index (κ2) is 5.42. The molecule has 0 radical (unpaired) electrons. The molecule has 2 heterocycles. The van der Waals surface area contributed by atoms with Gasteiger partial charge < -0.3 is 10.6 Å². The molecule has 0 atom stereocenters. The number of amides is 1. The first-order chi connectivity index (χ1) is 8.76. The van der Waals surface area contributed by atoms with Crippen molar-refractivity contribution in [2.75, 3.05) is 14.1 Å². The Morgan fingerprint density at radius 3 is 2.94 bits per heavy atom. The summed E-state index contributed by atoms with van der Waals surface area (Å²) in [6.07, 6.45) is 3.43. The van der Waals surface area contributed by atoms with E-state index in [2.05, 4.69) is 20.7 Å². The van der Waals surface area contributed by atoms with E-state index in [9.17, 15) is 4.79 Å². The fourth-order valence-corrected chi connectivity index (χ4v) is 1.66. The van der Waals surface area contributed by atoms with E-state index in [-0.39, 0.29) is 5.91 Å². The first-order valence-corrected chi connectivity index (χ1v) is 5.63. The number of carbonyl (C=O) groups is 1. The Bertz CT molecular complexity index is 549. The van der Waals surface area contributed by atoms with E-state index in [1.165, 1.54) is 0 Å². The van der Waals surface area contributed by atoms with Gasteiger partial charge in [0.1, 0.15) is 0 Å². The first-order valence-electron chi connectivity index (χ1n) is 5.63. The summed E-state index contributed by atoms with van der Waals surface area (Å²) < 4.78 is 1.61. The summed E-state index contributed by atoms with van der Waals surface area (Å²) >= 11 is 0. The molecular weight excluding hydrogens is 230 g/mol. The van der Waals surface area contributed by atoms with Gasteiger partial charge in [-0.25, -0.2) is 9.67 Å². The van der Waals surface area contributed by atoms with Crippen molar-refractivity contribution in [1.82, 2.24) is 25.4 Å². The normalized spacial score (nSPS) is 10.3. The van der Waals surface area contributed by atoms with Crippen LogP contribution in [0.15, 0.2) is 30.6 Å². The molecule has 2 aromatic rings. The molecule has 94 valence electrons. The van der Waals surface area contributed by atoms with Crippen LogP contribution in [0.25, 0.3) is 5.82 Å². The Morgan fingerprint density at radius 1 is 1.39 bits per heavy atom. The quantitative estimate of drug-likeness (QED) is 0.815. The lowest BCUT2D eigenvalue weighted by Crippen LogP contribution is -2.19. The van der Waals surface area contributed by atoms with Crippen LogP contribution in [0.2, 0.25) is 0 Å². The van der Waals surface area contributed by atoms with Crippen molar-refractivity contribution in [2.45, 2.75) is 6.54 Å². The molecule has 0 aliphatic rings. The molecular formula is C12H15N5O. The lowest BCUT2D eigenvalue weighted by molar-refractivity contribution is 0.0957. The lowest BCUT2D eigenvalue weighted by atomic mass is 10.2. The van der Waals surface area contributed by atoms with E-state index in [0.717, 1.165) is 11.4 Å². The lowest BCUT2D eigenvalue weighted by Gasteiger charge is -2.07. The summed E-state index contributed by atoms with van der Waals surface area (Å²) in [6, 6.07) is 5.51. The molecule has 0 aliphatic carbocycles. The number of nitrogens with one attached hydrogen (secondary N) is 2. The predicted molar refractivity (Wildman–Crippen MR) is 67.5 cm³/mol. The molecule has 6 heteroatoms. The Balaban J connectivity index is 2.36. The highest BCUT2D eigenvalue weighted by Crippen LogP contribution is 2.10. The van der Waals surface area contributed by atoms with Crippen LogP contribution in [0.1, 0.15) is 16.1 Å². The molecule has 0 unspecified atom stereocenters. The Labute approximate surface area is 105 Å². The highest BCUT2D eigenvalue weighted by molar-refractivity contribution is 5.91. The van der Waals surface area contributed by atoms with Gasteiger partial charge in [0, 0.05) is 31.5 Å². The largest absolute Gasteiger partial charge is 0.354 e. The molecule has 0 saturated carbocycles. The van der Waals surface area contributed by atoms with Crippen molar-refractivity contribution in [1.29, 1.82) is 0 Å². The zero-order valence-electron chi connectivity index (χ0n) is 10.3. The van der Waals surface area contributed by atoms with Crippen molar-refractivity contribution in [3.8, 4) is 5.82 Å². The van der Waals surface area contributed by atoms with Gasteiger partial charge in [-0.1, -0.05) is 6.07 Å². The van der Waals surface area contributed by atoms with Crippen LogP contribution in [0, 0.1) is 0 Å². The number of pyridine rings is 1. The number of hydrogen-bond acceptors (Lipinski definition) is 4. The third kappa shape index (κ3) is 2.38. The average molecular weight is 245 g/mol. The maximum atomic E-state index is 11.4. The fraction of sp³-hybridized carbons (Fsp3) is 0.250. The molecule has 0 spiro atoms. The van der Waals surface area contributed by atoms with Crippen LogP contribution in [-0.2, 0) is 6.54 Å². The van der Waals surface area contributed by atoms with Crippen molar-refractivity contribution >= 4 is 5.91 Å². The van der Waals surface area contributed by atoms with Crippen molar-refractivity contribution < 1.29 is 4.79 Å². The number of aromatic nitrogens is 3. The van der Waals surface area contributed by atoms with Crippen LogP contribution in [0.4, 0.5) is 0 Å². The second-order valence-corrected chi connectivity index (χ2v) is 3.74. The first kappa shape index (κ1) is 12.3. The van der Waals surface area contributed by atoms with E-state index < -0.39 is 0 Å². The molecule has 2 N–H and O–H groups in total. The molecule has 0 aromatic carbocycles. The van der Waals surface area contributed by atoms with Gasteiger partial charge in [-0.15, -0.1) is 0 Å². The Kier molecular flexibility index (Phi) is 3.69. The van der Waals surface area contributed by atoms with E-state index in [1.807, 2.05) is 19.2 Å². The minimum absolute atomic E-state index is 0.208. The predicted octanol–water partition coefficient (Wildman–Crippen LogP) is 0.346. The Morgan fingerprint density at radius 2 is 2.22 bits per heavy atom. The Hall–Kier alpha value is -2.21. The van der Waals surface area contributed by atoms with Gasteiger partial charge in [-0.3, -0.25) is 4.79 Å². The van der Waals surface area contributed by atoms with Crippen molar-refractivity contribution in [2.24, 2.45) is 0 Å². The number of nitrogens with zero attached hydrogens (tertiary/aromatic N) is 3. The van der Waals surface area contributed by atoms with Crippen LogP contribution in [0.3, 0.4) is 0 Å². The highest BCUT2D eigenvalue weighted by atomic mass is 16.1. The van der Waals surface area contributed by atoms with Crippen molar-refractivity contribution in [3.05, 3.63) is 41.9 Å². The van der Waals surface area contributed by atoms with Crippen molar-refractivity contribution in [3.63, 3.8) is 0 Å².